The number of imide groups is 1. The lowest BCUT2D eigenvalue weighted by Crippen LogP contribution is -2.55. The van der Waals surface area contributed by atoms with Crippen LogP contribution in [0.15, 0.2) is 54.6 Å². The SMILES string of the molecule is C[C@H]1CCN(C(=O)OCc2ccccc2)C[C@H]1N1C(=O)c2ccccc2C1=O. The first-order valence-electron chi connectivity index (χ1n) is 9.49. The van der Waals surface area contributed by atoms with Crippen molar-refractivity contribution in [3.05, 3.63) is 71.3 Å². The van der Waals surface area contributed by atoms with Crippen LogP contribution >= 0.6 is 0 Å². The van der Waals surface area contributed by atoms with Crippen LogP contribution < -0.4 is 0 Å². The highest BCUT2D eigenvalue weighted by Crippen LogP contribution is 2.30. The van der Waals surface area contributed by atoms with E-state index in [1.54, 1.807) is 29.2 Å². The minimum Gasteiger partial charge on any atom is -0.445 e. The van der Waals surface area contributed by atoms with E-state index in [4.69, 9.17) is 4.74 Å². The van der Waals surface area contributed by atoms with Crippen LogP contribution in [0.5, 0.6) is 0 Å². The van der Waals surface area contributed by atoms with E-state index in [0.29, 0.717) is 30.6 Å². The van der Waals surface area contributed by atoms with E-state index >= 15 is 0 Å². The number of rotatable bonds is 3. The number of hydrogen-bond donors (Lipinski definition) is 0. The molecule has 0 spiro atoms. The number of benzene rings is 2. The lowest BCUT2D eigenvalue weighted by molar-refractivity contribution is 0.0316. The van der Waals surface area contributed by atoms with E-state index < -0.39 is 6.09 Å². The summed E-state index contributed by atoms with van der Waals surface area (Å²) in [6, 6.07) is 16.0. The first-order chi connectivity index (χ1) is 13.6. The van der Waals surface area contributed by atoms with Crippen LogP contribution in [0.3, 0.4) is 0 Å². The predicted octanol–water partition coefficient (Wildman–Crippen LogP) is 3.33. The van der Waals surface area contributed by atoms with Gasteiger partial charge in [-0.3, -0.25) is 14.5 Å². The van der Waals surface area contributed by atoms with E-state index in [0.717, 1.165) is 5.56 Å². The van der Waals surface area contributed by atoms with Crippen LogP contribution in [-0.4, -0.2) is 46.8 Å². The number of hydrogen-bond acceptors (Lipinski definition) is 4. The van der Waals surface area contributed by atoms with Crippen molar-refractivity contribution in [1.29, 1.82) is 0 Å². The minimum atomic E-state index is -0.419. The molecule has 3 amide bonds. The Bertz CT molecular complexity index is 877. The first kappa shape index (κ1) is 18.2. The zero-order valence-corrected chi connectivity index (χ0v) is 15.7. The molecular formula is C22H22N2O4. The lowest BCUT2D eigenvalue weighted by atomic mass is 9.92. The van der Waals surface area contributed by atoms with Gasteiger partial charge in [0.15, 0.2) is 0 Å². The van der Waals surface area contributed by atoms with Gasteiger partial charge < -0.3 is 9.64 Å². The fourth-order valence-corrected chi connectivity index (χ4v) is 3.87. The van der Waals surface area contributed by atoms with Gasteiger partial charge in [0.05, 0.1) is 17.2 Å². The molecule has 0 unspecified atom stereocenters. The topological polar surface area (TPSA) is 66.9 Å². The molecule has 1 saturated heterocycles. The molecule has 4 rings (SSSR count). The van der Waals surface area contributed by atoms with Crippen LogP contribution in [0, 0.1) is 5.92 Å². The molecule has 6 nitrogen and oxygen atoms in total. The highest BCUT2D eigenvalue weighted by Gasteiger charge is 2.44. The molecule has 2 aliphatic heterocycles. The number of carbonyl (C=O) groups excluding carboxylic acids is 3. The molecule has 0 bridgehead atoms. The fraction of sp³-hybridized carbons (Fsp3) is 0.318. The van der Waals surface area contributed by atoms with Crippen molar-refractivity contribution < 1.29 is 19.1 Å². The van der Waals surface area contributed by atoms with Crippen molar-refractivity contribution in [2.24, 2.45) is 5.92 Å². The summed E-state index contributed by atoms with van der Waals surface area (Å²) < 4.78 is 5.43. The Kier molecular flexibility index (Phi) is 4.86. The van der Waals surface area contributed by atoms with E-state index in [9.17, 15) is 14.4 Å². The zero-order valence-electron chi connectivity index (χ0n) is 15.7. The van der Waals surface area contributed by atoms with Gasteiger partial charge in [0.25, 0.3) is 11.8 Å². The molecular weight excluding hydrogens is 356 g/mol. The standard InChI is InChI=1S/C22H22N2O4/c1-15-11-12-23(22(27)28-14-16-7-3-2-4-8-16)13-19(15)24-20(25)17-9-5-6-10-18(17)21(24)26/h2-10,15,19H,11-14H2,1H3/t15-,19+/m0/s1. The molecule has 0 aromatic heterocycles. The highest BCUT2D eigenvalue weighted by molar-refractivity contribution is 6.21. The smallest absolute Gasteiger partial charge is 0.410 e. The Hall–Kier alpha value is -3.15. The molecule has 2 heterocycles. The van der Waals surface area contributed by atoms with Crippen LogP contribution in [0.2, 0.25) is 0 Å². The summed E-state index contributed by atoms with van der Waals surface area (Å²) in [5.41, 5.74) is 1.78. The van der Waals surface area contributed by atoms with Crippen molar-refractivity contribution in [2.45, 2.75) is 26.0 Å². The number of likely N-dealkylation sites (tertiary alicyclic amines) is 1. The fourth-order valence-electron chi connectivity index (χ4n) is 3.87. The number of carbonyl (C=O) groups is 3. The Balaban J connectivity index is 1.46. The number of nitrogens with zero attached hydrogens (tertiary/aromatic N) is 2. The Morgan fingerprint density at radius 2 is 1.61 bits per heavy atom. The van der Waals surface area contributed by atoms with Gasteiger partial charge in [0, 0.05) is 13.1 Å². The van der Waals surface area contributed by atoms with Gasteiger partial charge in [-0.15, -0.1) is 0 Å². The highest BCUT2D eigenvalue weighted by atomic mass is 16.6. The third-order valence-electron chi connectivity index (χ3n) is 5.54. The summed E-state index contributed by atoms with van der Waals surface area (Å²) >= 11 is 0. The number of piperidine rings is 1. The molecule has 0 radical (unpaired) electrons. The van der Waals surface area contributed by atoms with Crippen LogP contribution in [0.1, 0.15) is 39.6 Å². The van der Waals surface area contributed by atoms with Crippen molar-refractivity contribution >= 4 is 17.9 Å². The normalized spacial score (nSPS) is 21.6. The van der Waals surface area contributed by atoms with Crippen molar-refractivity contribution in [1.82, 2.24) is 9.80 Å². The van der Waals surface area contributed by atoms with Crippen molar-refractivity contribution in [3.63, 3.8) is 0 Å². The average Bonchev–Trinajstić information content (AvgIpc) is 2.98. The van der Waals surface area contributed by atoms with Gasteiger partial charge in [0.1, 0.15) is 6.61 Å². The van der Waals surface area contributed by atoms with Gasteiger partial charge in [-0.1, -0.05) is 49.4 Å². The molecule has 0 N–H and O–H groups in total. The quantitative estimate of drug-likeness (QED) is 0.769. The maximum absolute atomic E-state index is 12.8. The predicted molar refractivity (Wildman–Crippen MR) is 103 cm³/mol. The molecule has 0 aliphatic carbocycles. The van der Waals surface area contributed by atoms with Gasteiger partial charge in [-0.05, 0) is 30.0 Å². The number of amides is 3. The second-order valence-corrected chi connectivity index (χ2v) is 7.35. The maximum atomic E-state index is 12.8. The Morgan fingerprint density at radius 3 is 2.25 bits per heavy atom. The van der Waals surface area contributed by atoms with Gasteiger partial charge >= 0.3 is 6.09 Å². The molecule has 2 atom stereocenters. The number of fused-ring (bicyclic) bond motifs is 1. The molecule has 2 aliphatic rings. The molecule has 2 aromatic carbocycles. The zero-order chi connectivity index (χ0) is 19.7. The average molecular weight is 378 g/mol. The summed E-state index contributed by atoms with van der Waals surface area (Å²) in [5, 5.41) is 0. The molecule has 1 fully saturated rings. The third kappa shape index (κ3) is 3.26. The third-order valence-corrected chi connectivity index (χ3v) is 5.54. The van der Waals surface area contributed by atoms with Gasteiger partial charge in [-0.2, -0.15) is 0 Å². The van der Waals surface area contributed by atoms with E-state index in [-0.39, 0.29) is 30.4 Å². The summed E-state index contributed by atoms with van der Waals surface area (Å²) in [5.74, 6) is -0.450. The number of ether oxygens (including phenoxy) is 1. The van der Waals surface area contributed by atoms with Gasteiger partial charge in [-0.25, -0.2) is 4.79 Å². The van der Waals surface area contributed by atoms with Crippen molar-refractivity contribution in [3.8, 4) is 0 Å². The van der Waals surface area contributed by atoms with E-state index in [1.807, 2.05) is 37.3 Å². The van der Waals surface area contributed by atoms with Crippen LogP contribution in [0.25, 0.3) is 0 Å². The maximum Gasteiger partial charge on any atom is 0.410 e. The minimum absolute atomic E-state index is 0.111. The van der Waals surface area contributed by atoms with E-state index in [1.165, 1.54) is 4.90 Å². The molecule has 28 heavy (non-hydrogen) atoms. The summed E-state index contributed by atoms with van der Waals surface area (Å²) in [4.78, 5) is 41.1. The Labute approximate surface area is 163 Å². The first-order valence-corrected chi connectivity index (χ1v) is 9.49. The molecule has 6 heteroatoms. The Morgan fingerprint density at radius 1 is 1.00 bits per heavy atom. The lowest BCUT2D eigenvalue weighted by Gasteiger charge is -2.40. The molecule has 0 saturated carbocycles. The summed E-state index contributed by atoms with van der Waals surface area (Å²) in [6.45, 7) is 3.05. The monoisotopic (exact) mass is 378 g/mol. The van der Waals surface area contributed by atoms with Crippen molar-refractivity contribution in [2.75, 3.05) is 13.1 Å². The summed E-state index contributed by atoms with van der Waals surface area (Å²) in [6.07, 6.45) is 0.288. The molecule has 144 valence electrons. The van der Waals surface area contributed by atoms with Gasteiger partial charge in [0.2, 0.25) is 0 Å². The summed E-state index contributed by atoms with van der Waals surface area (Å²) in [7, 11) is 0. The molecule has 2 aromatic rings. The second kappa shape index (κ2) is 7.46. The van der Waals surface area contributed by atoms with Crippen LogP contribution in [-0.2, 0) is 11.3 Å². The second-order valence-electron chi connectivity index (χ2n) is 7.35. The van der Waals surface area contributed by atoms with E-state index in [2.05, 4.69) is 0 Å². The largest absolute Gasteiger partial charge is 0.445 e. The van der Waals surface area contributed by atoms with Crippen LogP contribution in [0.4, 0.5) is 4.79 Å².